The van der Waals surface area contributed by atoms with Crippen LogP contribution in [0.15, 0.2) is 47.4 Å². The Morgan fingerprint density at radius 2 is 0.879 bits per heavy atom. The van der Waals surface area contributed by atoms with Gasteiger partial charge in [-0.1, -0.05) is 36.4 Å². The van der Waals surface area contributed by atoms with Gasteiger partial charge in [0, 0.05) is 11.1 Å². The standard InChI is InChI=1S/C8H6O7S.C8H6O4.5Na/c9-7(10)4-2-1-3-5(8(11)12)6(4)16(13,14)15;9-7(10)5-2-1-3-6(4-5)8(11)12;;;;;/h1-3H,(H,9,10)(H,11,12)(H,13,14,15);1-4H,(H,9,10)(H,11,12);;;;;/q;;5*+1/p-5. The van der Waals surface area contributed by atoms with Crippen LogP contribution in [0.5, 0.6) is 0 Å². The fourth-order valence-corrected chi connectivity index (χ4v) is 2.74. The van der Waals surface area contributed by atoms with Crippen molar-refractivity contribution in [1.29, 1.82) is 0 Å². The van der Waals surface area contributed by atoms with E-state index in [0.717, 1.165) is 24.3 Å². The van der Waals surface area contributed by atoms with Crippen LogP contribution in [-0.4, -0.2) is 36.8 Å². The van der Waals surface area contributed by atoms with Crippen molar-refractivity contribution in [2.24, 2.45) is 0 Å². The van der Waals surface area contributed by atoms with Crippen molar-refractivity contribution < 1.29 is 200 Å². The SMILES string of the molecule is O=C([O-])c1cccc(C(=O)[O-])c1.O=C([O-])c1cccc(C(=O)[O-])c1S(=O)(=O)[O-].[Na+].[Na+].[Na+].[Na+].[Na+]. The Labute approximate surface area is 298 Å². The van der Waals surface area contributed by atoms with Crippen LogP contribution in [0.1, 0.15) is 41.4 Å². The fourth-order valence-electron chi connectivity index (χ4n) is 1.90. The van der Waals surface area contributed by atoms with E-state index >= 15 is 0 Å². The largest absolute Gasteiger partial charge is 1.00 e. The van der Waals surface area contributed by atoms with Crippen LogP contribution in [0.2, 0.25) is 0 Å². The van der Waals surface area contributed by atoms with Gasteiger partial charge in [-0.2, -0.15) is 0 Å². The quantitative estimate of drug-likeness (QED) is 0.265. The number of carbonyl (C=O) groups excluding carboxylic acids is 4. The van der Waals surface area contributed by atoms with E-state index in [1.54, 1.807) is 0 Å². The Balaban J connectivity index is -0.000000141. The van der Waals surface area contributed by atoms with E-state index in [2.05, 4.69) is 0 Å². The molecule has 2 aromatic carbocycles. The zero-order valence-corrected chi connectivity index (χ0v) is 29.3. The Hall–Kier alpha value is 1.23. The molecule has 0 N–H and O–H groups in total. The monoisotopic (exact) mass is 522 g/mol. The van der Waals surface area contributed by atoms with Crippen molar-refractivity contribution in [3.05, 3.63) is 64.7 Å². The molecule has 11 nitrogen and oxygen atoms in total. The van der Waals surface area contributed by atoms with Crippen molar-refractivity contribution in [2.75, 3.05) is 0 Å². The van der Waals surface area contributed by atoms with Gasteiger partial charge in [-0.05, 0) is 17.2 Å². The van der Waals surface area contributed by atoms with E-state index in [1.807, 2.05) is 0 Å². The Bertz CT molecular complexity index is 1010. The van der Waals surface area contributed by atoms with Crippen molar-refractivity contribution in [1.82, 2.24) is 0 Å². The first-order chi connectivity index (χ1) is 12.9. The van der Waals surface area contributed by atoms with Gasteiger partial charge in [0.25, 0.3) is 0 Å². The maximum absolute atomic E-state index is 10.7. The summed E-state index contributed by atoms with van der Waals surface area (Å²) in [5.74, 6) is -6.73. The first-order valence-electron chi connectivity index (χ1n) is 6.90. The molecular formula is C16H7Na5O11S. The van der Waals surface area contributed by atoms with Crippen molar-refractivity contribution in [2.45, 2.75) is 4.90 Å². The molecule has 0 spiro atoms. The van der Waals surface area contributed by atoms with Crippen molar-refractivity contribution in [3.8, 4) is 0 Å². The van der Waals surface area contributed by atoms with E-state index < -0.39 is 50.0 Å². The Kier molecular flexibility index (Phi) is 27.2. The van der Waals surface area contributed by atoms with Crippen LogP contribution in [0.4, 0.5) is 0 Å². The molecule has 2 rings (SSSR count). The van der Waals surface area contributed by atoms with Crippen LogP contribution in [-0.2, 0) is 10.1 Å². The third kappa shape index (κ3) is 14.5. The molecule has 0 aliphatic heterocycles. The van der Waals surface area contributed by atoms with E-state index in [1.165, 1.54) is 18.2 Å². The molecule has 0 radical (unpaired) electrons. The van der Waals surface area contributed by atoms with Crippen molar-refractivity contribution in [3.63, 3.8) is 0 Å². The number of hydrogen-bond donors (Lipinski definition) is 0. The number of benzene rings is 2. The maximum Gasteiger partial charge on any atom is 1.00 e. The Morgan fingerprint density at radius 3 is 1.12 bits per heavy atom. The molecule has 0 aromatic heterocycles. The first kappa shape index (κ1) is 44.2. The molecule has 0 heterocycles. The molecule has 0 fully saturated rings. The first-order valence-corrected chi connectivity index (χ1v) is 8.31. The van der Waals surface area contributed by atoms with Crippen LogP contribution < -0.4 is 168 Å². The van der Waals surface area contributed by atoms with Gasteiger partial charge in [-0.3, -0.25) is 0 Å². The average Bonchev–Trinajstić information content (AvgIpc) is 2.60. The summed E-state index contributed by atoms with van der Waals surface area (Å²) in [5.41, 5.74) is -2.35. The van der Waals surface area contributed by atoms with Gasteiger partial charge in [0.05, 0.1) is 28.8 Å². The molecule has 0 aliphatic rings. The van der Waals surface area contributed by atoms with Gasteiger partial charge in [0.15, 0.2) is 0 Å². The van der Waals surface area contributed by atoms with Crippen molar-refractivity contribution >= 4 is 34.0 Å². The number of hydrogen-bond acceptors (Lipinski definition) is 11. The second-order valence-corrected chi connectivity index (χ2v) is 6.18. The average molecular weight is 522 g/mol. The summed E-state index contributed by atoms with van der Waals surface area (Å²) in [7, 11) is -5.25. The topological polar surface area (TPSA) is 218 Å². The second kappa shape index (κ2) is 20.3. The summed E-state index contributed by atoms with van der Waals surface area (Å²) >= 11 is 0. The third-order valence-corrected chi connectivity index (χ3v) is 3.98. The minimum absolute atomic E-state index is 0. The Morgan fingerprint density at radius 1 is 0.576 bits per heavy atom. The summed E-state index contributed by atoms with van der Waals surface area (Å²) in [6.45, 7) is 0. The fraction of sp³-hybridized carbons (Fsp3) is 0. The second-order valence-electron chi connectivity index (χ2n) is 4.87. The predicted molar refractivity (Wildman–Crippen MR) is 78.2 cm³/mol. The van der Waals surface area contributed by atoms with Gasteiger partial charge in [-0.15, -0.1) is 0 Å². The number of carboxylic acid groups (broad SMARTS) is 4. The van der Waals surface area contributed by atoms with E-state index in [9.17, 15) is 52.6 Å². The minimum Gasteiger partial charge on any atom is -0.744 e. The molecule has 2 aromatic rings. The molecule has 0 aliphatic carbocycles. The molecule has 0 atom stereocenters. The van der Waals surface area contributed by atoms with Crippen LogP contribution in [0.25, 0.3) is 0 Å². The molecule has 0 saturated heterocycles. The van der Waals surface area contributed by atoms with Crippen LogP contribution in [0.3, 0.4) is 0 Å². The van der Waals surface area contributed by atoms with E-state index in [4.69, 9.17) is 0 Å². The number of rotatable bonds is 5. The van der Waals surface area contributed by atoms with Gasteiger partial charge < -0.3 is 44.2 Å². The number of carbonyl (C=O) groups is 4. The van der Waals surface area contributed by atoms with E-state index in [-0.39, 0.29) is 159 Å². The minimum atomic E-state index is -5.25. The van der Waals surface area contributed by atoms with Crippen LogP contribution in [0, 0.1) is 0 Å². The van der Waals surface area contributed by atoms with Gasteiger partial charge in [-0.25, -0.2) is 8.42 Å². The summed E-state index contributed by atoms with van der Waals surface area (Å²) < 4.78 is 32.2. The summed E-state index contributed by atoms with van der Waals surface area (Å²) in [6, 6.07) is 7.29. The predicted octanol–water partition coefficient (Wildman–Crippen LogP) is -19.2. The molecule has 17 heteroatoms. The summed E-state index contributed by atoms with van der Waals surface area (Å²) in [5, 5.41) is 41.5. The molecule has 0 amide bonds. The molecule has 0 bridgehead atoms. The van der Waals surface area contributed by atoms with Gasteiger partial charge in [0.1, 0.15) is 10.1 Å². The molecule has 0 saturated carbocycles. The smallest absolute Gasteiger partial charge is 0.744 e. The van der Waals surface area contributed by atoms with Crippen LogP contribution >= 0.6 is 0 Å². The molecule has 33 heavy (non-hydrogen) atoms. The maximum atomic E-state index is 10.7. The zero-order chi connectivity index (χ0) is 21.6. The number of carboxylic acids is 4. The van der Waals surface area contributed by atoms with Gasteiger partial charge >= 0.3 is 148 Å². The zero-order valence-electron chi connectivity index (χ0n) is 18.4. The summed E-state index contributed by atoms with van der Waals surface area (Å²) in [6.07, 6.45) is 0. The normalized spacial score (nSPS) is 8.76. The van der Waals surface area contributed by atoms with E-state index in [0.29, 0.717) is 0 Å². The number of aromatic carboxylic acids is 4. The van der Waals surface area contributed by atoms with Gasteiger partial charge in [0.2, 0.25) is 0 Å². The molecule has 148 valence electrons. The summed E-state index contributed by atoms with van der Waals surface area (Å²) in [4.78, 5) is 40.2. The molecular weight excluding hydrogens is 515 g/mol. The third-order valence-electron chi connectivity index (χ3n) is 3.04. The molecule has 0 unspecified atom stereocenters.